The molecule has 0 saturated heterocycles. The first-order valence-corrected chi connectivity index (χ1v) is 9.78. The highest BCUT2D eigenvalue weighted by atomic mass is 32.2. The minimum absolute atomic E-state index is 0.144. The molecule has 1 aromatic rings. The number of halogens is 2. The summed E-state index contributed by atoms with van der Waals surface area (Å²) in [6.45, 7) is 9.29. The van der Waals surface area contributed by atoms with Gasteiger partial charge in [-0.1, -0.05) is 53.7 Å². The number of rotatable bonds is 8. The molecule has 0 aliphatic rings. The van der Waals surface area contributed by atoms with Gasteiger partial charge in [-0.2, -0.15) is 17.2 Å². The Balaban J connectivity index is 3.55. The van der Waals surface area contributed by atoms with Crippen LogP contribution in [0, 0.1) is 0 Å². The highest BCUT2D eigenvalue weighted by molar-refractivity contribution is 7.86. The van der Waals surface area contributed by atoms with Gasteiger partial charge in [-0.3, -0.25) is 4.18 Å². The molecule has 0 bridgehead atoms. The van der Waals surface area contributed by atoms with Crippen molar-refractivity contribution in [3.63, 3.8) is 0 Å². The van der Waals surface area contributed by atoms with Crippen molar-refractivity contribution in [2.24, 2.45) is 0 Å². The minimum Gasteiger partial charge on any atom is -0.544 e. The summed E-state index contributed by atoms with van der Waals surface area (Å²) in [6.07, 6.45) is 0. The fourth-order valence-electron chi connectivity index (χ4n) is 2.45. The van der Waals surface area contributed by atoms with Gasteiger partial charge >= 0.3 is 5.92 Å². The van der Waals surface area contributed by atoms with Gasteiger partial charge in [0.05, 0.1) is 0 Å². The normalized spacial score (nSPS) is 13.0. The van der Waals surface area contributed by atoms with E-state index >= 15 is 0 Å². The molecule has 0 aromatic heterocycles. The van der Waals surface area contributed by atoms with E-state index in [4.69, 9.17) is 0 Å². The molecular formula is C18H25F2O5S-. The molecule has 0 N–H and O–H groups in total. The van der Waals surface area contributed by atoms with Crippen LogP contribution >= 0.6 is 0 Å². The molecule has 0 atom stereocenters. The highest BCUT2D eigenvalue weighted by Gasteiger charge is 2.36. The van der Waals surface area contributed by atoms with Crippen LogP contribution in [0.2, 0.25) is 0 Å². The van der Waals surface area contributed by atoms with Crippen LogP contribution in [0.4, 0.5) is 8.78 Å². The smallest absolute Gasteiger partial charge is 0.311 e. The third-order valence-electron chi connectivity index (χ3n) is 4.02. The Bertz CT molecular complexity index is 739. The molecule has 0 fully saturated rings. The summed E-state index contributed by atoms with van der Waals surface area (Å²) in [6, 6.07) is 3.46. The van der Waals surface area contributed by atoms with Gasteiger partial charge in [0, 0.05) is 0 Å². The van der Waals surface area contributed by atoms with Gasteiger partial charge in [0.1, 0.15) is 17.5 Å². The van der Waals surface area contributed by atoms with E-state index in [-0.39, 0.29) is 22.6 Å². The van der Waals surface area contributed by atoms with Crippen LogP contribution in [-0.2, 0) is 19.1 Å². The number of hydrogen-bond donors (Lipinski definition) is 0. The van der Waals surface area contributed by atoms with Crippen LogP contribution in [0.5, 0.6) is 0 Å². The number of benzene rings is 1. The maximum absolute atomic E-state index is 13.2. The van der Waals surface area contributed by atoms with Gasteiger partial charge in [0.25, 0.3) is 10.1 Å². The quantitative estimate of drug-likeness (QED) is 0.636. The summed E-state index contributed by atoms with van der Waals surface area (Å²) in [7, 11) is -4.59. The lowest BCUT2D eigenvalue weighted by molar-refractivity contribution is -0.330. The minimum atomic E-state index is -4.59. The largest absolute Gasteiger partial charge is 0.544 e. The van der Waals surface area contributed by atoms with Crippen LogP contribution in [0.1, 0.15) is 76.0 Å². The summed E-state index contributed by atoms with van der Waals surface area (Å²) in [5.41, 5.74) is 1.84. The predicted molar refractivity (Wildman–Crippen MR) is 91.8 cm³/mol. The van der Waals surface area contributed by atoms with E-state index < -0.39 is 28.6 Å². The van der Waals surface area contributed by atoms with Crippen molar-refractivity contribution in [1.82, 2.24) is 0 Å². The average Bonchev–Trinajstić information content (AvgIpc) is 2.51. The molecule has 1 aromatic carbocycles. The number of aliphatic carboxylic acids is 1. The molecule has 26 heavy (non-hydrogen) atoms. The number of carboxylic acid groups (broad SMARTS) is 1. The van der Waals surface area contributed by atoms with Crippen molar-refractivity contribution in [2.75, 3.05) is 6.61 Å². The van der Waals surface area contributed by atoms with E-state index in [1.807, 2.05) is 13.8 Å². The molecule has 8 heteroatoms. The molecule has 148 valence electrons. The summed E-state index contributed by atoms with van der Waals surface area (Å²) in [5, 5.41) is 10.4. The Kier molecular flexibility index (Phi) is 6.92. The fourth-order valence-corrected chi connectivity index (χ4v) is 4.04. The lowest BCUT2D eigenvalue weighted by atomic mass is 9.89. The highest BCUT2D eigenvalue weighted by Crippen LogP contribution is 2.36. The number of alkyl halides is 2. The van der Waals surface area contributed by atoms with E-state index in [2.05, 4.69) is 4.18 Å². The van der Waals surface area contributed by atoms with E-state index in [9.17, 15) is 27.1 Å². The third kappa shape index (κ3) is 5.01. The molecule has 0 aliphatic carbocycles. The van der Waals surface area contributed by atoms with Gasteiger partial charge < -0.3 is 9.90 Å². The molecule has 0 heterocycles. The van der Waals surface area contributed by atoms with Crippen LogP contribution in [0.25, 0.3) is 0 Å². The molecule has 0 amide bonds. The fraction of sp³-hybridized carbons (Fsp3) is 0.611. The number of carbonyl (C=O) groups excluding carboxylic acids is 1. The van der Waals surface area contributed by atoms with E-state index in [0.29, 0.717) is 11.1 Å². The molecule has 0 aliphatic heterocycles. The van der Waals surface area contributed by atoms with Gasteiger partial charge in [0.15, 0.2) is 0 Å². The Morgan fingerprint density at radius 3 is 1.77 bits per heavy atom. The lowest BCUT2D eigenvalue weighted by Crippen LogP contribution is -2.45. The van der Waals surface area contributed by atoms with Crippen molar-refractivity contribution in [3.8, 4) is 0 Å². The summed E-state index contributed by atoms with van der Waals surface area (Å²) in [4.78, 5) is 10.2. The number of carbonyl (C=O) groups is 1. The van der Waals surface area contributed by atoms with Gasteiger partial charge in [0.2, 0.25) is 0 Å². The Hall–Kier alpha value is -1.54. The Labute approximate surface area is 153 Å². The summed E-state index contributed by atoms with van der Waals surface area (Å²) >= 11 is 0. The molecule has 0 spiro atoms. The summed E-state index contributed by atoms with van der Waals surface area (Å²) in [5.74, 6) is -7.36. The van der Waals surface area contributed by atoms with Crippen LogP contribution in [-0.4, -0.2) is 26.9 Å². The monoisotopic (exact) mass is 391 g/mol. The first-order valence-electron chi connectivity index (χ1n) is 8.37. The number of carboxylic acids is 1. The second-order valence-corrected chi connectivity index (χ2v) is 8.75. The molecule has 0 radical (unpaired) electrons. The Morgan fingerprint density at radius 2 is 1.46 bits per heavy atom. The molecule has 5 nitrogen and oxygen atoms in total. The standard InChI is InChI=1S/C18H26F2O5S/c1-10(2)13-7-14(11(3)4)16(15(8-13)12(5)6)26(23,24)25-9-18(19,20)17(21)22/h7-8,10-12H,9H2,1-6H3,(H,21,22)/p-1. The maximum atomic E-state index is 13.2. The second-order valence-electron chi connectivity index (χ2n) is 7.20. The molecular weight excluding hydrogens is 366 g/mol. The number of hydrogen-bond acceptors (Lipinski definition) is 5. The zero-order chi connectivity index (χ0) is 20.4. The van der Waals surface area contributed by atoms with E-state index in [1.54, 1.807) is 39.8 Å². The average molecular weight is 391 g/mol. The van der Waals surface area contributed by atoms with Gasteiger partial charge in [-0.25, -0.2) is 0 Å². The van der Waals surface area contributed by atoms with Gasteiger partial charge in [-0.05, 0) is 34.4 Å². The SMILES string of the molecule is CC(C)c1cc(C(C)C)c(S(=O)(=O)OCC(F)(F)C(=O)[O-])c(C(C)C)c1. The topological polar surface area (TPSA) is 83.5 Å². The van der Waals surface area contributed by atoms with Crippen molar-refractivity contribution >= 4 is 16.1 Å². The van der Waals surface area contributed by atoms with Crippen molar-refractivity contribution < 1.29 is 31.3 Å². The molecule has 0 saturated carbocycles. The van der Waals surface area contributed by atoms with Crippen LogP contribution in [0.15, 0.2) is 17.0 Å². The Morgan fingerprint density at radius 1 is 1.04 bits per heavy atom. The van der Waals surface area contributed by atoms with Crippen molar-refractivity contribution in [2.45, 2.75) is 70.1 Å². The maximum Gasteiger partial charge on any atom is 0.311 e. The van der Waals surface area contributed by atoms with E-state index in [0.717, 1.165) is 5.56 Å². The second kappa shape index (κ2) is 8.00. The first-order chi connectivity index (χ1) is 11.7. The molecule has 0 unspecified atom stereocenters. The van der Waals surface area contributed by atoms with Crippen LogP contribution < -0.4 is 5.11 Å². The van der Waals surface area contributed by atoms with Gasteiger partial charge in [-0.15, -0.1) is 0 Å². The summed E-state index contributed by atoms with van der Waals surface area (Å²) < 4.78 is 56.2. The zero-order valence-corrected chi connectivity index (χ0v) is 16.6. The van der Waals surface area contributed by atoms with Crippen LogP contribution in [0.3, 0.4) is 0 Å². The zero-order valence-electron chi connectivity index (χ0n) is 15.8. The lowest BCUT2D eigenvalue weighted by Gasteiger charge is -2.23. The molecule has 1 rings (SSSR count). The van der Waals surface area contributed by atoms with Crippen molar-refractivity contribution in [3.05, 3.63) is 28.8 Å². The van der Waals surface area contributed by atoms with E-state index in [1.165, 1.54) is 0 Å². The first kappa shape index (κ1) is 22.5. The predicted octanol–water partition coefficient (Wildman–Crippen LogP) is 3.15. The van der Waals surface area contributed by atoms with Crippen molar-refractivity contribution in [1.29, 1.82) is 0 Å². The third-order valence-corrected chi connectivity index (χ3v) is 5.42.